The van der Waals surface area contributed by atoms with Crippen molar-refractivity contribution in [2.24, 2.45) is 0 Å². The van der Waals surface area contributed by atoms with Crippen molar-refractivity contribution in [1.82, 2.24) is 4.90 Å². The summed E-state index contributed by atoms with van der Waals surface area (Å²) in [4.78, 5) is 14.8. The molecule has 0 bridgehead atoms. The number of rotatable bonds is 5. The summed E-state index contributed by atoms with van der Waals surface area (Å²) < 4.78 is 5.81. The largest absolute Gasteiger partial charge is 0.477 e. The van der Waals surface area contributed by atoms with E-state index in [4.69, 9.17) is 4.74 Å². The highest BCUT2D eigenvalue weighted by atomic mass is 32.1. The quantitative estimate of drug-likeness (QED) is 0.831. The maximum absolute atomic E-state index is 12.3. The Bertz CT molecular complexity index is 414. The Morgan fingerprint density at radius 1 is 1.28 bits per heavy atom. The highest BCUT2D eigenvalue weighted by Gasteiger charge is 2.33. The first-order chi connectivity index (χ1) is 8.42. The number of ether oxygens (including phenoxy) is 1. The van der Waals surface area contributed by atoms with Crippen molar-refractivity contribution >= 4 is 18.5 Å². The highest BCUT2D eigenvalue weighted by Crippen LogP contribution is 2.26. The van der Waals surface area contributed by atoms with Gasteiger partial charge in [0.25, 0.3) is 5.91 Å². The zero-order valence-electron chi connectivity index (χ0n) is 11.4. The summed E-state index contributed by atoms with van der Waals surface area (Å²) in [5.41, 5.74) is -0.884. The standard InChI is InChI=1S/C14H21NO2S/c1-5-15(6-2)13(16)14(3,4)17-11-9-7-8-10-12(11)18/h7-10,18H,5-6H2,1-4H3. The number of nitrogens with zero attached hydrogens (tertiary/aromatic N) is 1. The van der Waals surface area contributed by atoms with Crippen molar-refractivity contribution in [3.05, 3.63) is 24.3 Å². The Morgan fingerprint density at radius 2 is 1.83 bits per heavy atom. The molecule has 0 aromatic heterocycles. The first-order valence-electron chi connectivity index (χ1n) is 6.18. The van der Waals surface area contributed by atoms with E-state index in [9.17, 15) is 4.79 Å². The SMILES string of the molecule is CCN(CC)C(=O)C(C)(C)Oc1ccccc1S. The molecule has 4 heteroatoms. The Kier molecular flexibility index (Phi) is 5.08. The first kappa shape index (κ1) is 14.9. The van der Waals surface area contributed by atoms with Crippen molar-refractivity contribution in [2.75, 3.05) is 13.1 Å². The van der Waals surface area contributed by atoms with Gasteiger partial charge < -0.3 is 9.64 Å². The van der Waals surface area contributed by atoms with E-state index in [1.807, 2.05) is 38.1 Å². The molecule has 0 fully saturated rings. The van der Waals surface area contributed by atoms with E-state index < -0.39 is 5.60 Å². The number of para-hydroxylation sites is 1. The zero-order valence-corrected chi connectivity index (χ0v) is 12.3. The zero-order chi connectivity index (χ0) is 13.8. The van der Waals surface area contributed by atoms with Crippen LogP contribution in [0.25, 0.3) is 0 Å². The van der Waals surface area contributed by atoms with Gasteiger partial charge in [0, 0.05) is 18.0 Å². The van der Waals surface area contributed by atoms with Crippen molar-refractivity contribution in [2.45, 2.75) is 38.2 Å². The number of thiol groups is 1. The molecule has 1 rings (SSSR count). The van der Waals surface area contributed by atoms with E-state index in [1.54, 1.807) is 18.7 Å². The van der Waals surface area contributed by atoms with Crippen LogP contribution < -0.4 is 4.74 Å². The average molecular weight is 267 g/mol. The molecule has 1 aromatic carbocycles. The Morgan fingerprint density at radius 3 is 2.33 bits per heavy atom. The van der Waals surface area contributed by atoms with Gasteiger partial charge in [-0.1, -0.05) is 12.1 Å². The molecule has 0 aliphatic heterocycles. The summed E-state index contributed by atoms with van der Waals surface area (Å²) in [6, 6.07) is 7.41. The molecule has 0 heterocycles. The van der Waals surface area contributed by atoms with E-state index >= 15 is 0 Å². The average Bonchev–Trinajstić information content (AvgIpc) is 2.33. The predicted octanol–water partition coefficient (Wildman–Crippen LogP) is 3.00. The van der Waals surface area contributed by atoms with E-state index in [-0.39, 0.29) is 5.91 Å². The minimum Gasteiger partial charge on any atom is -0.477 e. The third-order valence-electron chi connectivity index (χ3n) is 2.80. The van der Waals surface area contributed by atoms with Crippen LogP contribution in [0.2, 0.25) is 0 Å². The number of benzene rings is 1. The molecule has 0 atom stereocenters. The Balaban J connectivity index is 2.88. The fourth-order valence-corrected chi connectivity index (χ4v) is 1.96. The monoisotopic (exact) mass is 267 g/mol. The molecule has 0 radical (unpaired) electrons. The van der Waals surface area contributed by atoms with Gasteiger partial charge >= 0.3 is 0 Å². The van der Waals surface area contributed by atoms with Crippen LogP contribution in [0.15, 0.2) is 29.2 Å². The van der Waals surface area contributed by atoms with Crippen molar-refractivity contribution in [3.8, 4) is 5.75 Å². The summed E-state index contributed by atoms with van der Waals surface area (Å²) in [5, 5.41) is 0. The molecule has 0 aliphatic rings. The second-order valence-corrected chi connectivity index (χ2v) is 5.04. The number of carbonyl (C=O) groups is 1. The number of likely N-dealkylation sites (N-methyl/N-ethyl adjacent to an activating group) is 1. The predicted molar refractivity (Wildman–Crippen MR) is 76.3 cm³/mol. The normalized spacial score (nSPS) is 11.2. The highest BCUT2D eigenvalue weighted by molar-refractivity contribution is 7.80. The molecule has 0 spiro atoms. The molecule has 0 saturated carbocycles. The molecule has 0 N–H and O–H groups in total. The van der Waals surface area contributed by atoms with Gasteiger partial charge in [0.15, 0.2) is 5.60 Å². The summed E-state index contributed by atoms with van der Waals surface area (Å²) in [7, 11) is 0. The van der Waals surface area contributed by atoms with Crippen molar-refractivity contribution < 1.29 is 9.53 Å². The summed E-state index contributed by atoms with van der Waals surface area (Å²) >= 11 is 4.33. The third kappa shape index (κ3) is 3.42. The van der Waals surface area contributed by atoms with Crippen LogP contribution >= 0.6 is 12.6 Å². The number of hydrogen-bond donors (Lipinski definition) is 1. The molecular weight excluding hydrogens is 246 g/mol. The molecule has 0 unspecified atom stereocenters. The van der Waals surface area contributed by atoms with Gasteiger partial charge in [0.2, 0.25) is 0 Å². The second kappa shape index (κ2) is 6.14. The van der Waals surface area contributed by atoms with E-state index in [2.05, 4.69) is 12.6 Å². The van der Waals surface area contributed by atoms with Gasteiger partial charge in [0.1, 0.15) is 5.75 Å². The topological polar surface area (TPSA) is 29.5 Å². The van der Waals surface area contributed by atoms with E-state index in [1.165, 1.54) is 0 Å². The molecule has 0 saturated heterocycles. The fraction of sp³-hybridized carbons (Fsp3) is 0.500. The lowest BCUT2D eigenvalue weighted by Gasteiger charge is -2.31. The van der Waals surface area contributed by atoms with Gasteiger partial charge in [0.05, 0.1) is 0 Å². The van der Waals surface area contributed by atoms with Crippen LogP contribution in [-0.2, 0) is 4.79 Å². The van der Waals surface area contributed by atoms with E-state index in [0.29, 0.717) is 18.8 Å². The molecule has 1 amide bonds. The minimum atomic E-state index is -0.884. The lowest BCUT2D eigenvalue weighted by atomic mass is 10.1. The fourth-order valence-electron chi connectivity index (χ4n) is 1.75. The van der Waals surface area contributed by atoms with Gasteiger partial charge in [-0.3, -0.25) is 4.79 Å². The van der Waals surface area contributed by atoms with Crippen molar-refractivity contribution in [1.29, 1.82) is 0 Å². The molecule has 3 nitrogen and oxygen atoms in total. The summed E-state index contributed by atoms with van der Waals surface area (Å²) in [6.07, 6.45) is 0. The first-order valence-corrected chi connectivity index (χ1v) is 6.63. The molecule has 18 heavy (non-hydrogen) atoms. The van der Waals surface area contributed by atoms with Crippen LogP contribution in [-0.4, -0.2) is 29.5 Å². The molecular formula is C14H21NO2S. The van der Waals surface area contributed by atoms with Crippen LogP contribution in [0.3, 0.4) is 0 Å². The maximum Gasteiger partial charge on any atom is 0.266 e. The lowest BCUT2D eigenvalue weighted by molar-refractivity contribution is -0.145. The molecule has 1 aromatic rings. The second-order valence-electron chi connectivity index (χ2n) is 4.56. The smallest absolute Gasteiger partial charge is 0.266 e. The number of carbonyl (C=O) groups excluding carboxylic acids is 1. The van der Waals surface area contributed by atoms with Crippen molar-refractivity contribution in [3.63, 3.8) is 0 Å². The maximum atomic E-state index is 12.3. The molecule has 100 valence electrons. The van der Waals surface area contributed by atoms with Crippen LogP contribution in [0.1, 0.15) is 27.7 Å². The van der Waals surface area contributed by atoms with Gasteiger partial charge in [-0.15, -0.1) is 12.6 Å². The van der Waals surface area contributed by atoms with Gasteiger partial charge in [-0.25, -0.2) is 0 Å². The minimum absolute atomic E-state index is 0.0101. The Labute approximate surface area is 115 Å². The Hall–Kier alpha value is -1.16. The molecule has 0 aliphatic carbocycles. The van der Waals surface area contributed by atoms with Crippen LogP contribution in [0, 0.1) is 0 Å². The third-order valence-corrected chi connectivity index (χ3v) is 3.17. The van der Waals surface area contributed by atoms with Gasteiger partial charge in [-0.2, -0.15) is 0 Å². The number of hydrogen-bond acceptors (Lipinski definition) is 3. The lowest BCUT2D eigenvalue weighted by Crippen LogP contribution is -2.48. The van der Waals surface area contributed by atoms with Gasteiger partial charge in [-0.05, 0) is 39.8 Å². The van der Waals surface area contributed by atoms with E-state index in [0.717, 1.165) is 4.90 Å². The van der Waals surface area contributed by atoms with Crippen LogP contribution in [0.4, 0.5) is 0 Å². The summed E-state index contributed by atoms with van der Waals surface area (Å²) in [6.45, 7) is 8.87. The van der Waals surface area contributed by atoms with Crippen LogP contribution in [0.5, 0.6) is 5.75 Å². The summed E-state index contributed by atoms with van der Waals surface area (Å²) in [5.74, 6) is 0.621. The number of amides is 1.